The van der Waals surface area contributed by atoms with Crippen LogP contribution in [0.1, 0.15) is 59.3 Å². The van der Waals surface area contributed by atoms with Crippen LogP contribution in [0.15, 0.2) is 11.6 Å². The van der Waals surface area contributed by atoms with Crippen LogP contribution in [0, 0.1) is 28.6 Å². The minimum Gasteiger partial charge on any atom is -0.458 e. The Morgan fingerprint density at radius 1 is 1.05 bits per heavy atom. The van der Waals surface area contributed by atoms with Crippen LogP contribution >= 0.6 is 0 Å². The van der Waals surface area contributed by atoms with Gasteiger partial charge in [0.2, 0.25) is 0 Å². The zero-order chi connectivity index (χ0) is 29.3. The van der Waals surface area contributed by atoms with E-state index in [9.17, 15) is 30.0 Å². The molecule has 228 valence electrons. The number of aliphatic hydroxyl groups excluding tert-OH is 3. The van der Waals surface area contributed by atoms with Crippen LogP contribution in [-0.4, -0.2) is 106 Å². The maximum absolute atomic E-state index is 14.2. The van der Waals surface area contributed by atoms with Crippen molar-refractivity contribution in [2.45, 2.75) is 120 Å². The van der Waals surface area contributed by atoms with E-state index in [0.29, 0.717) is 44.1 Å². The number of carbonyl (C=O) groups is 2. The van der Waals surface area contributed by atoms with E-state index in [1.165, 1.54) is 13.2 Å². The van der Waals surface area contributed by atoms with Crippen LogP contribution in [0.4, 0.5) is 0 Å². The maximum Gasteiger partial charge on any atom is 0.331 e. The molecule has 0 bridgehead atoms. The lowest BCUT2D eigenvalue weighted by atomic mass is 9.41. The number of carbonyl (C=O) groups excluding carboxylic acids is 2. The van der Waals surface area contributed by atoms with Gasteiger partial charge in [-0.25, -0.2) is 4.79 Å². The molecule has 0 amide bonds. The van der Waals surface area contributed by atoms with E-state index in [0.717, 1.165) is 0 Å². The molecule has 0 aromatic heterocycles. The van der Waals surface area contributed by atoms with E-state index in [1.54, 1.807) is 13.8 Å². The van der Waals surface area contributed by atoms with Crippen molar-refractivity contribution in [2.24, 2.45) is 28.6 Å². The Morgan fingerprint density at radius 2 is 1.80 bits per heavy atom. The van der Waals surface area contributed by atoms with Gasteiger partial charge in [0, 0.05) is 19.1 Å². The highest BCUT2D eigenvalue weighted by Crippen LogP contribution is 2.76. The Bertz CT molecular complexity index is 1170. The highest BCUT2D eigenvalue weighted by molar-refractivity contribution is 5.94. The summed E-state index contributed by atoms with van der Waals surface area (Å²) in [6.45, 7) is 5.65. The first kappa shape index (κ1) is 28.3. The smallest absolute Gasteiger partial charge is 0.331 e. The van der Waals surface area contributed by atoms with Crippen LogP contribution in [0.2, 0.25) is 0 Å². The van der Waals surface area contributed by atoms with Crippen molar-refractivity contribution in [1.82, 2.24) is 0 Å². The molecule has 4 N–H and O–H groups in total. The lowest BCUT2D eigenvalue weighted by molar-refractivity contribution is -0.313. The predicted molar refractivity (Wildman–Crippen MR) is 139 cm³/mol. The molecule has 0 aromatic rings. The zero-order valence-corrected chi connectivity index (χ0v) is 24.0. The summed E-state index contributed by atoms with van der Waals surface area (Å²) < 4.78 is 29.0. The van der Waals surface area contributed by atoms with Crippen molar-refractivity contribution < 1.29 is 53.7 Å². The largest absolute Gasteiger partial charge is 0.458 e. The minimum absolute atomic E-state index is 0.0463. The quantitative estimate of drug-likeness (QED) is 0.207. The summed E-state index contributed by atoms with van der Waals surface area (Å²) in [6, 6.07) is 0. The van der Waals surface area contributed by atoms with E-state index < -0.39 is 76.6 Å². The first-order valence-electron chi connectivity index (χ1n) is 15.0. The van der Waals surface area contributed by atoms with E-state index in [2.05, 4.69) is 6.92 Å². The number of cyclic esters (lactones) is 1. The number of fused-ring (bicyclic) bond motifs is 3. The van der Waals surface area contributed by atoms with Crippen molar-refractivity contribution in [3.05, 3.63) is 11.6 Å². The molecule has 11 heteroatoms. The summed E-state index contributed by atoms with van der Waals surface area (Å²) in [5.41, 5.74) is -3.60. The van der Waals surface area contributed by atoms with Gasteiger partial charge < -0.3 is 44.1 Å². The van der Waals surface area contributed by atoms with Gasteiger partial charge in [-0.1, -0.05) is 6.92 Å². The van der Waals surface area contributed by atoms with Crippen LogP contribution in [0.5, 0.6) is 0 Å². The highest BCUT2D eigenvalue weighted by atomic mass is 16.7. The van der Waals surface area contributed by atoms with Gasteiger partial charge in [-0.2, -0.15) is 0 Å². The second-order valence-corrected chi connectivity index (χ2v) is 14.0. The highest BCUT2D eigenvalue weighted by Gasteiger charge is 2.88. The molecule has 7 rings (SSSR count). The number of aliphatic hydroxyl groups is 4. The lowest BCUT2D eigenvalue weighted by Crippen LogP contribution is -2.75. The zero-order valence-electron chi connectivity index (χ0n) is 24.0. The number of epoxide rings is 1. The summed E-state index contributed by atoms with van der Waals surface area (Å²) in [6.07, 6.45) is -1.55. The van der Waals surface area contributed by atoms with Crippen LogP contribution in [0.3, 0.4) is 0 Å². The Morgan fingerprint density at radius 3 is 2.49 bits per heavy atom. The van der Waals surface area contributed by atoms with Crippen molar-refractivity contribution in [1.29, 1.82) is 0 Å². The van der Waals surface area contributed by atoms with E-state index in [-0.39, 0.29) is 30.5 Å². The molecular weight excluding hydrogens is 536 g/mol. The Labute approximate surface area is 239 Å². The van der Waals surface area contributed by atoms with Crippen LogP contribution < -0.4 is 0 Å². The number of Topliss-reactive ketones (excluding diaryl/α,β-unsaturated/α-hetero) is 1. The Balaban J connectivity index is 1.15. The van der Waals surface area contributed by atoms with Gasteiger partial charge in [-0.3, -0.25) is 4.79 Å². The summed E-state index contributed by atoms with van der Waals surface area (Å²) in [7, 11) is 1.43. The number of hydrogen-bond acceptors (Lipinski definition) is 11. The molecule has 4 saturated carbocycles. The molecule has 2 saturated heterocycles. The van der Waals surface area contributed by atoms with Gasteiger partial charge >= 0.3 is 5.97 Å². The van der Waals surface area contributed by atoms with E-state index >= 15 is 0 Å². The van der Waals surface area contributed by atoms with Crippen LogP contribution in [-0.2, 0) is 33.3 Å². The number of hydrogen-bond donors (Lipinski definition) is 4. The van der Waals surface area contributed by atoms with Gasteiger partial charge in [0.05, 0.1) is 23.7 Å². The number of methoxy groups -OCH3 is 1. The minimum atomic E-state index is -1.48. The van der Waals surface area contributed by atoms with Crippen molar-refractivity contribution in [3.8, 4) is 0 Å². The fraction of sp³-hybridized carbons (Fsp3) is 0.867. The third kappa shape index (κ3) is 3.43. The molecule has 41 heavy (non-hydrogen) atoms. The molecule has 0 unspecified atom stereocenters. The monoisotopic (exact) mass is 578 g/mol. The lowest BCUT2D eigenvalue weighted by Gasteiger charge is -2.62. The first-order chi connectivity index (χ1) is 19.3. The second-order valence-electron chi connectivity index (χ2n) is 14.0. The van der Waals surface area contributed by atoms with Gasteiger partial charge in [0.25, 0.3) is 0 Å². The van der Waals surface area contributed by atoms with E-state index in [4.69, 9.17) is 23.7 Å². The third-order valence-electron chi connectivity index (χ3n) is 12.5. The molecule has 11 nitrogen and oxygen atoms in total. The fourth-order valence-electron chi connectivity index (χ4n) is 10.3. The first-order valence-corrected chi connectivity index (χ1v) is 15.0. The average molecular weight is 579 g/mol. The maximum atomic E-state index is 14.2. The third-order valence-corrected chi connectivity index (χ3v) is 12.5. The topological polar surface area (TPSA) is 165 Å². The van der Waals surface area contributed by atoms with Gasteiger partial charge in [0.1, 0.15) is 42.2 Å². The summed E-state index contributed by atoms with van der Waals surface area (Å²) in [5, 5.41) is 45.4. The standard InChI is InChI=1S/C30H42O11/c1-13-20(32)23(37-4)21(33)26(39-13)40-16-5-7-27(2)15(10-16)11-18-30(41-18)24(27)22(34)25(35)28(3)17(6-8-29(28,30)36)14-9-19(31)38-12-14/h9,13,15-18,20-24,26,32-34,36H,5-8,10-12H2,1-4H3/t13-,15+,16-,17-,18+,20-,21+,22+,23+,24-,26-,27-,28-,29+,30+/m0/s1. The Kier molecular flexibility index (Phi) is 6.25. The summed E-state index contributed by atoms with van der Waals surface area (Å²) in [5.74, 6) is -1.77. The molecule has 3 heterocycles. The fourth-order valence-corrected chi connectivity index (χ4v) is 10.3. The number of ketones is 1. The van der Waals surface area contributed by atoms with Gasteiger partial charge in [0.15, 0.2) is 12.1 Å². The molecule has 7 aliphatic rings. The van der Waals surface area contributed by atoms with Crippen molar-refractivity contribution >= 4 is 11.8 Å². The Hall–Kier alpha value is -1.44. The SMILES string of the molecule is CO[C@@H]1[C@@H](O)[C@H](C)O[C@@H](O[C@H]2CC[C@@]3(C)[C@H](C2)C[C@H]2O[C@@]24[C@H]3[C@@H](O)C(=O)[C@]2(C)[C@H](C3=CC(=O)OC3)CC[C@]42O)[C@@H]1O. The summed E-state index contributed by atoms with van der Waals surface area (Å²) in [4.78, 5) is 26.0. The average Bonchev–Trinajstić information content (AvgIpc) is 3.38. The predicted octanol–water partition coefficient (Wildman–Crippen LogP) is 0.391. The van der Waals surface area contributed by atoms with Gasteiger partial charge in [-0.15, -0.1) is 0 Å². The normalized spacial score (nSPS) is 57.7. The van der Waals surface area contributed by atoms with Crippen molar-refractivity contribution in [2.75, 3.05) is 13.7 Å². The molecule has 1 spiro atoms. The second kappa shape index (κ2) is 9.04. The van der Waals surface area contributed by atoms with E-state index in [1.807, 2.05) is 0 Å². The van der Waals surface area contributed by atoms with Gasteiger partial charge in [-0.05, 0) is 75.2 Å². The van der Waals surface area contributed by atoms with Crippen molar-refractivity contribution in [3.63, 3.8) is 0 Å². The van der Waals surface area contributed by atoms with Crippen LogP contribution in [0.25, 0.3) is 0 Å². The summed E-state index contributed by atoms with van der Waals surface area (Å²) >= 11 is 0. The molecular formula is C30H42O11. The number of ether oxygens (including phenoxy) is 5. The number of rotatable bonds is 4. The molecule has 0 aromatic carbocycles. The molecule has 0 radical (unpaired) electrons. The molecule has 6 fully saturated rings. The molecule has 15 atom stereocenters. The number of esters is 1. The molecule has 3 aliphatic heterocycles. The molecule has 4 aliphatic carbocycles.